The number of nitrogens with one attached hydrogen (secondary N) is 1. The Labute approximate surface area is 120 Å². The number of H-pyrrole nitrogens is 1. The molecule has 2 N–H and O–H groups in total. The van der Waals surface area contributed by atoms with Gasteiger partial charge in [-0.15, -0.1) is 0 Å². The van der Waals surface area contributed by atoms with Crippen LogP contribution in [0.5, 0.6) is 0 Å². The standard InChI is InChI=1S/C15H13N5O/c16-6-9-5-11-12(7-18-9)19-15-14(11)13(1-3-17-15)20-4-2-10(21)8-20/h1,3,5,7,10,21H,2,4,8H2,(H,17,19)/t10-/m1/s1. The Morgan fingerprint density at radius 1 is 1.43 bits per heavy atom. The van der Waals surface area contributed by atoms with Gasteiger partial charge in [0.1, 0.15) is 17.4 Å². The smallest absolute Gasteiger partial charge is 0.141 e. The number of aliphatic hydroxyl groups is 1. The third kappa shape index (κ3) is 1.82. The van der Waals surface area contributed by atoms with E-state index in [1.807, 2.05) is 6.07 Å². The molecule has 0 amide bonds. The summed E-state index contributed by atoms with van der Waals surface area (Å²) in [6, 6.07) is 5.81. The largest absolute Gasteiger partial charge is 0.391 e. The van der Waals surface area contributed by atoms with Crippen molar-refractivity contribution in [3.63, 3.8) is 0 Å². The number of anilines is 1. The van der Waals surface area contributed by atoms with Crippen LogP contribution in [0.25, 0.3) is 21.9 Å². The molecule has 0 saturated carbocycles. The van der Waals surface area contributed by atoms with Crippen LogP contribution in [0, 0.1) is 11.3 Å². The monoisotopic (exact) mass is 279 g/mol. The second-order valence-corrected chi connectivity index (χ2v) is 5.29. The van der Waals surface area contributed by atoms with Crippen LogP contribution in [0.15, 0.2) is 24.5 Å². The molecule has 1 aliphatic heterocycles. The highest BCUT2D eigenvalue weighted by Crippen LogP contribution is 2.34. The quantitative estimate of drug-likeness (QED) is 0.705. The fourth-order valence-electron chi connectivity index (χ4n) is 2.99. The summed E-state index contributed by atoms with van der Waals surface area (Å²) in [4.78, 5) is 13.8. The Bertz CT molecular complexity index is 879. The molecule has 104 valence electrons. The molecule has 1 fully saturated rings. The second-order valence-electron chi connectivity index (χ2n) is 5.29. The maximum Gasteiger partial charge on any atom is 0.141 e. The zero-order chi connectivity index (χ0) is 14.4. The molecule has 0 spiro atoms. The van der Waals surface area contributed by atoms with Crippen LogP contribution < -0.4 is 4.90 Å². The van der Waals surface area contributed by atoms with Crippen LogP contribution in [-0.2, 0) is 0 Å². The molecule has 21 heavy (non-hydrogen) atoms. The first-order valence-electron chi connectivity index (χ1n) is 6.86. The van der Waals surface area contributed by atoms with Crippen LogP contribution in [0.3, 0.4) is 0 Å². The van der Waals surface area contributed by atoms with Crippen molar-refractivity contribution >= 4 is 27.6 Å². The third-order valence-electron chi connectivity index (χ3n) is 3.97. The second kappa shape index (κ2) is 4.43. The van der Waals surface area contributed by atoms with Crippen LogP contribution in [0.4, 0.5) is 5.69 Å². The van der Waals surface area contributed by atoms with Gasteiger partial charge in [-0.1, -0.05) is 0 Å². The van der Waals surface area contributed by atoms with Crippen molar-refractivity contribution in [3.05, 3.63) is 30.2 Å². The highest BCUT2D eigenvalue weighted by molar-refractivity contribution is 6.12. The van der Waals surface area contributed by atoms with Crippen molar-refractivity contribution in [2.75, 3.05) is 18.0 Å². The minimum atomic E-state index is -0.283. The summed E-state index contributed by atoms with van der Waals surface area (Å²) in [5.41, 5.74) is 3.07. The zero-order valence-electron chi connectivity index (χ0n) is 11.2. The van der Waals surface area contributed by atoms with E-state index in [0.29, 0.717) is 12.2 Å². The van der Waals surface area contributed by atoms with E-state index in [0.717, 1.165) is 40.6 Å². The first-order chi connectivity index (χ1) is 10.3. The van der Waals surface area contributed by atoms with Gasteiger partial charge in [0.2, 0.25) is 0 Å². The van der Waals surface area contributed by atoms with Crippen molar-refractivity contribution in [2.45, 2.75) is 12.5 Å². The highest BCUT2D eigenvalue weighted by Gasteiger charge is 2.23. The molecule has 0 aromatic carbocycles. The van der Waals surface area contributed by atoms with Crippen LogP contribution in [-0.4, -0.2) is 39.3 Å². The lowest BCUT2D eigenvalue weighted by molar-refractivity contribution is 0.198. The van der Waals surface area contributed by atoms with Crippen LogP contribution in [0.2, 0.25) is 0 Å². The van der Waals surface area contributed by atoms with E-state index in [2.05, 4.69) is 25.9 Å². The third-order valence-corrected chi connectivity index (χ3v) is 3.97. The van der Waals surface area contributed by atoms with E-state index in [9.17, 15) is 5.11 Å². The van der Waals surface area contributed by atoms with Crippen molar-refractivity contribution in [1.82, 2.24) is 15.0 Å². The Balaban J connectivity index is 2.00. The number of hydrogen-bond acceptors (Lipinski definition) is 5. The molecule has 4 rings (SSSR count). The predicted octanol–water partition coefficient (Wildman–Crippen LogP) is 1.55. The first-order valence-corrected chi connectivity index (χ1v) is 6.86. The number of pyridine rings is 2. The molecule has 1 atom stereocenters. The molecular formula is C15H13N5O. The molecule has 0 unspecified atom stereocenters. The van der Waals surface area contributed by atoms with Gasteiger partial charge in [0.05, 0.1) is 28.9 Å². The van der Waals surface area contributed by atoms with Crippen LogP contribution >= 0.6 is 0 Å². The zero-order valence-corrected chi connectivity index (χ0v) is 11.2. The molecule has 6 nitrogen and oxygen atoms in total. The summed E-state index contributed by atoms with van der Waals surface area (Å²) in [5.74, 6) is 0. The van der Waals surface area contributed by atoms with Gasteiger partial charge < -0.3 is 15.0 Å². The number of aliphatic hydroxyl groups excluding tert-OH is 1. The first kappa shape index (κ1) is 12.1. The molecule has 3 aromatic heterocycles. The van der Waals surface area contributed by atoms with Gasteiger partial charge in [-0.2, -0.15) is 5.26 Å². The number of rotatable bonds is 1. The minimum Gasteiger partial charge on any atom is -0.391 e. The number of aromatic nitrogens is 3. The molecule has 1 aliphatic rings. The van der Waals surface area contributed by atoms with E-state index < -0.39 is 0 Å². The van der Waals surface area contributed by atoms with Crippen molar-refractivity contribution < 1.29 is 5.11 Å². The SMILES string of the molecule is N#Cc1cc2c(cn1)[nH]c1nccc(N3CC[C@@H](O)C3)c12. The normalized spacial score (nSPS) is 18.5. The maximum atomic E-state index is 9.76. The minimum absolute atomic E-state index is 0.283. The fraction of sp³-hybridized carbons (Fsp3) is 0.267. The lowest BCUT2D eigenvalue weighted by atomic mass is 10.1. The van der Waals surface area contributed by atoms with Gasteiger partial charge >= 0.3 is 0 Å². The lowest BCUT2D eigenvalue weighted by Crippen LogP contribution is -2.21. The summed E-state index contributed by atoms with van der Waals surface area (Å²) in [7, 11) is 0. The van der Waals surface area contributed by atoms with Gasteiger partial charge in [-0.25, -0.2) is 9.97 Å². The molecule has 1 saturated heterocycles. The Morgan fingerprint density at radius 3 is 3.10 bits per heavy atom. The topological polar surface area (TPSA) is 88.8 Å². The van der Waals surface area contributed by atoms with Gasteiger partial charge in [0, 0.05) is 24.7 Å². The number of hydrogen-bond donors (Lipinski definition) is 2. The average Bonchev–Trinajstić information content (AvgIpc) is 3.09. The summed E-state index contributed by atoms with van der Waals surface area (Å²) in [6.07, 6.45) is 3.92. The summed E-state index contributed by atoms with van der Waals surface area (Å²) < 4.78 is 0. The van der Waals surface area contributed by atoms with Crippen LogP contribution in [0.1, 0.15) is 12.1 Å². The van der Waals surface area contributed by atoms with Gasteiger partial charge in [-0.05, 0) is 18.6 Å². The maximum absolute atomic E-state index is 9.76. The molecule has 0 bridgehead atoms. The predicted molar refractivity (Wildman–Crippen MR) is 78.9 cm³/mol. The van der Waals surface area contributed by atoms with E-state index in [4.69, 9.17) is 5.26 Å². The van der Waals surface area contributed by atoms with Crippen molar-refractivity contribution in [3.8, 4) is 6.07 Å². The van der Waals surface area contributed by atoms with Crippen molar-refractivity contribution in [1.29, 1.82) is 5.26 Å². The van der Waals surface area contributed by atoms with E-state index in [1.54, 1.807) is 18.5 Å². The molecule has 0 radical (unpaired) electrons. The number of aromatic amines is 1. The van der Waals surface area contributed by atoms with Crippen molar-refractivity contribution in [2.24, 2.45) is 0 Å². The van der Waals surface area contributed by atoms with Gasteiger partial charge in [0.15, 0.2) is 0 Å². The van der Waals surface area contributed by atoms with Gasteiger partial charge in [-0.3, -0.25) is 0 Å². The highest BCUT2D eigenvalue weighted by atomic mass is 16.3. The number of β-amino-alcohol motifs (C(OH)–C–C–N with tert-alkyl or cyclic N) is 1. The number of fused-ring (bicyclic) bond motifs is 3. The van der Waals surface area contributed by atoms with E-state index in [-0.39, 0.29) is 6.10 Å². The molecule has 0 aliphatic carbocycles. The summed E-state index contributed by atoms with van der Waals surface area (Å²) >= 11 is 0. The van der Waals surface area contributed by atoms with E-state index >= 15 is 0 Å². The number of nitrogens with zero attached hydrogens (tertiary/aromatic N) is 4. The number of nitriles is 1. The Kier molecular flexibility index (Phi) is 2.56. The fourth-order valence-corrected chi connectivity index (χ4v) is 2.99. The summed E-state index contributed by atoms with van der Waals surface area (Å²) in [6.45, 7) is 1.45. The Hall–Kier alpha value is -2.65. The molecule has 6 heteroatoms. The Morgan fingerprint density at radius 2 is 2.33 bits per heavy atom. The lowest BCUT2D eigenvalue weighted by Gasteiger charge is -2.18. The molecular weight excluding hydrogens is 266 g/mol. The molecule has 3 aromatic rings. The molecule has 4 heterocycles. The van der Waals surface area contributed by atoms with E-state index in [1.165, 1.54) is 0 Å². The van der Waals surface area contributed by atoms with Gasteiger partial charge in [0.25, 0.3) is 0 Å². The summed E-state index contributed by atoms with van der Waals surface area (Å²) in [5, 5.41) is 20.7. The average molecular weight is 279 g/mol.